The molecule has 2 fully saturated rings. The van der Waals surface area contributed by atoms with E-state index in [9.17, 15) is 14.4 Å². The summed E-state index contributed by atoms with van der Waals surface area (Å²) >= 11 is 6.25. The van der Waals surface area contributed by atoms with Gasteiger partial charge in [-0.05, 0) is 29.8 Å². The molecule has 37 heavy (non-hydrogen) atoms. The Morgan fingerprint density at radius 1 is 0.865 bits per heavy atom. The molecule has 1 atom stereocenters. The maximum absolute atomic E-state index is 13.8. The first kappa shape index (κ1) is 25.0. The van der Waals surface area contributed by atoms with Crippen molar-refractivity contribution in [2.75, 3.05) is 19.7 Å². The summed E-state index contributed by atoms with van der Waals surface area (Å²) < 4.78 is 6.26. The second kappa shape index (κ2) is 10.7. The first-order valence-electron chi connectivity index (χ1n) is 12.4. The number of nitrogens with one attached hydrogen (secondary N) is 1. The number of amides is 3. The van der Waals surface area contributed by atoms with Crippen LogP contribution >= 0.6 is 11.6 Å². The molecule has 0 aliphatic carbocycles. The summed E-state index contributed by atoms with van der Waals surface area (Å²) in [5, 5.41) is 3.37. The molecule has 5 rings (SSSR count). The van der Waals surface area contributed by atoms with Crippen LogP contribution in [-0.2, 0) is 16.1 Å². The van der Waals surface area contributed by atoms with Gasteiger partial charge in [0.05, 0.1) is 17.2 Å². The number of carbonyl (C=O) groups excluding carboxylic acids is 3. The van der Waals surface area contributed by atoms with Crippen molar-refractivity contribution < 1.29 is 19.1 Å². The van der Waals surface area contributed by atoms with Crippen LogP contribution in [0, 0.1) is 0 Å². The third kappa shape index (κ3) is 5.10. The maximum Gasteiger partial charge on any atom is 0.256 e. The lowest BCUT2D eigenvalue weighted by molar-refractivity contribution is -0.128. The van der Waals surface area contributed by atoms with E-state index >= 15 is 0 Å². The van der Waals surface area contributed by atoms with Gasteiger partial charge in [-0.3, -0.25) is 19.3 Å². The number of rotatable bonds is 5. The molecule has 0 aromatic heterocycles. The molecule has 8 heteroatoms. The van der Waals surface area contributed by atoms with Crippen molar-refractivity contribution in [3.8, 4) is 0 Å². The molecule has 2 heterocycles. The summed E-state index contributed by atoms with van der Waals surface area (Å²) in [4.78, 5) is 43.5. The lowest BCUT2D eigenvalue weighted by Gasteiger charge is -2.44. The third-order valence-electron chi connectivity index (χ3n) is 7.05. The molecule has 2 saturated heterocycles. The predicted molar refractivity (Wildman–Crippen MR) is 140 cm³/mol. The topological polar surface area (TPSA) is 79.0 Å². The monoisotopic (exact) mass is 517 g/mol. The Balaban J connectivity index is 1.36. The van der Waals surface area contributed by atoms with Gasteiger partial charge in [0.25, 0.3) is 11.8 Å². The summed E-state index contributed by atoms with van der Waals surface area (Å²) in [6, 6.07) is 24.7. The highest BCUT2D eigenvalue weighted by Gasteiger charge is 2.54. The number of carbonyl (C=O) groups is 3. The second-order valence-corrected chi connectivity index (χ2v) is 9.70. The maximum atomic E-state index is 13.8. The van der Waals surface area contributed by atoms with Gasteiger partial charge in [0.15, 0.2) is 0 Å². The minimum atomic E-state index is -0.973. The van der Waals surface area contributed by atoms with Crippen LogP contribution in [0.5, 0.6) is 0 Å². The van der Waals surface area contributed by atoms with Crippen molar-refractivity contribution in [3.63, 3.8) is 0 Å². The number of benzene rings is 3. The summed E-state index contributed by atoms with van der Waals surface area (Å²) in [7, 11) is 0. The largest absolute Gasteiger partial charge is 0.353 e. The molecule has 0 bridgehead atoms. The van der Waals surface area contributed by atoms with Crippen LogP contribution in [0.3, 0.4) is 0 Å². The number of hydrogen-bond acceptors (Lipinski definition) is 4. The van der Waals surface area contributed by atoms with Gasteiger partial charge in [-0.1, -0.05) is 72.3 Å². The Morgan fingerprint density at radius 3 is 2.16 bits per heavy atom. The van der Waals surface area contributed by atoms with Crippen molar-refractivity contribution in [1.82, 2.24) is 15.1 Å². The number of halogens is 1. The molecule has 1 unspecified atom stereocenters. The summed E-state index contributed by atoms with van der Waals surface area (Å²) in [6.45, 7) is 1.20. The fourth-order valence-electron chi connectivity index (χ4n) is 5.05. The molecule has 7 nitrogen and oxygen atoms in total. The molecule has 0 saturated carbocycles. The van der Waals surface area contributed by atoms with Gasteiger partial charge in [-0.25, -0.2) is 0 Å². The van der Waals surface area contributed by atoms with Gasteiger partial charge in [-0.15, -0.1) is 0 Å². The van der Waals surface area contributed by atoms with Crippen LogP contribution in [0.1, 0.15) is 39.1 Å². The Labute approximate surface area is 221 Å². The lowest BCUT2D eigenvalue weighted by atomic mass is 9.96. The Morgan fingerprint density at radius 2 is 1.49 bits per heavy atom. The summed E-state index contributed by atoms with van der Waals surface area (Å²) in [5.74, 6) is -0.681. The van der Waals surface area contributed by atoms with E-state index in [0.29, 0.717) is 48.6 Å². The molecular formula is C29H28ClN3O4. The van der Waals surface area contributed by atoms with E-state index in [1.54, 1.807) is 58.3 Å². The van der Waals surface area contributed by atoms with Crippen LogP contribution in [0.2, 0.25) is 5.02 Å². The molecule has 190 valence electrons. The van der Waals surface area contributed by atoms with Crippen molar-refractivity contribution in [2.45, 2.75) is 31.2 Å². The second-order valence-electron chi connectivity index (χ2n) is 9.29. The number of piperidine rings is 1. The quantitative estimate of drug-likeness (QED) is 0.552. The van der Waals surface area contributed by atoms with Crippen molar-refractivity contribution in [1.29, 1.82) is 0 Å². The fraction of sp³-hybridized carbons (Fsp3) is 0.276. The van der Waals surface area contributed by atoms with Gasteiger partial charge in [-0.2, -0.15) is 0 Å². The van der Waals surface area contributed by atoms with E-state index < -0.39 is 11.8 Å². The zero-order chi connectivity index (χ0) is 25.8. The fourth-order valence-corrected chi connectivity index (χ4v) is 5.27. The molecular weight excluding hydrogens is 490 g/mol. The lowest BCUT2D eigenvalue weighted by Crippen LogP contribution is -2.59. The average molecular weight is 518 g/mol. The van der Waals surface area contributed by atoms with Gasteiger partial charge >= 0.3 is 0 Å². The third-order valence-corrected chi connectivity index (χ3v) is 7.38. The molecule has 3 amide bonds. The Hall–Kier alpha value is -3.68. The summed E-state index contributed by atoms with van der Waals surface area (Å²) in [5.41, 5.74) is 0.932. The van der Waals surface area contributed by atoms with E-state index in [0.717, 1.165) is 5.56 Å². The highest BCUT2D eigenvalue weighted by Crippen LogP contribution is 2.39. The average Bonchev–Trinajstić information content (AvgIpc) is 3.31. The molecule has 2 aliphatic rings. The van der Waals surface area contributed by atoms with Crippen LogP contribution in [0.4, 0.5) is 0 Å². The van der Waals surface area contributed by atoms with Crippen LogP contribution < -0.4 is 5.32 Å². The van der Waals surface area contributed by atoms with Gasteiger partial charge in [0, 0.05) is 38.0 Å². The zero-order valence-electron chi connectivity index (χ0n) is 20.3. The van der Waals surface area contributed by atoms with Crippen LogP contribution in [-0.4, -0.2) is 59.0 Å². The predicted octanol–water partition coefficient (Wildman–Crippen LogP) is 4.13. The molecule has 1 N–H and O–H groups in total. The zero-order valence-corrected chi connectivity index (χ0v) is 21.1. The van der Waals surface area contributed by atoms with Crippen molar-refractivity contribution >= 4 is 29.3 Å². The van der Waals surface area contributed by atoms with Crippen molar-refractivity contribution in [2.24, 2.45) is 0 Å². The first-order chi connectivity index (χ1) is 18.0. The first-order valence-corrected chi connectivity index (χ1v) is 12.7. The number of hydrogen-bond donors (Lipinski definition) is 1. The smallest absolute Gasteiger partial charge is 0.256 e. The molecule has 2 aliphatic heterocycles. The number of nitrogens with zero attached hydrogens (tertiary/aromatic N) is 2. The normalized spacial score (nSPS) is 18.6. The van der Waals surface area contributed by atoms with E-state index in [4.69, 9.17) is 16.3 Å². The van der Waals surface area contributed by atoms with Crippen LogP contribution in [0.25, 0.3) is 0 Å². The van der Waals surface area contributed by atoms with E-state index in [1.165, 1.54) is 0 Å². The minimum absolute atomic E-state index is 0.0949. The van der Waals surface area contributed by atoms with Gasteiger partial charge < -0.3 is 15.0 Å². The SMILES string of the molecule is O=C(NCc1ccccc1)C1COC2(CCN(C(=O)c3ccccc3Cl)CC2)N1C(=O)c1ccccc1. The highest BCUT2D eigenvalue weighted by atomic mass is 35.5. The Bertz CT molecular complexity index is 1280. The summed E-state index contributed by atoms with van der Waals surface area (Å²) in [6.07, 6.45) is 0.786. The molecule has 0 radical (unpaired) electrons. The minimum Gasteiger partial charge on any atom is -0.353 e. The van der Waals surface area contributed by atoms with Crippen molar-refractivity contribution in [3.05, 3.63) is 107 Å². The van der Waals surface area contributed by atoms with E-state index in [-0.39, 0.29) is 24.3 Å². The van der Waals surface area contributed by atoms with Gasteiger partial charge in [0.2, 0.25) is 5.91 Å². The van der Waals surface area contributed by atoms with Gasteiger partial charge in [0.1, 0.15) is 11.8 Å². The molecule has 3 aromatic rings. The molecule has 3 aromatic carbocycles. The van der Waals surface area contributed by atoms with E-state index in [2.05, 4.69) is 5.32 Å². The highest BCUT2D eigenvalue weighted by molar-refractivity contribution is 6.33. The Kier molecular flexibility index (Phi) is 7.26. The van der Waals surface area contributed by atoms with Crippen LogP contribution in [0.15, 0.2) is 84.9 Å². The van der Waals surface area contributed by atoms with E-state index in [1.807, 2.05) is 36.4 Å². The molecule has 1 spiro atoms. The standard InChI is InChI=1S/C29H28ClN3O4/c30-24-14-8-7-13-23(24)28(36)32-17-15-29(16-18-32)33(27(35)22-11-5-2-6-12-22)25(20-37-29)26(34)31-19-21-9-3-1-4-10-21/h1-14,25H,15-20H2,(H,31,34). The number of ether oxygens (including phenoxy) is 1. The number of likely N-dealkylation sites (tertiary alicyclic amines) is 1.